The third-order valence-electron chi connectivity index (χ3n) is 5.77. The second-order valence-corrected chi connectivity index (χ2v) is 8.72. The second kappa shape index (κ2) is 9.88. The summed E-state index contributed by atoms with van der Waals surface area (Å²) >= 11 is 0. The number of nitrogens with one attached hydrogen (secondary N) is 1. The van der Waals surface area contributed by atoms with E-state index in [0.29, 0.717) is 17.3 Å². The molecule has 0 aliphatic heterocycles. The molecule has 1 heterocycles. The summed E-state index contributed by atoms with van der Waals surface area (Å²) in [5.74, 6) is 1.75. The molecule has 6 nitrogen and oxygen atoms in total. The van der Waals surface area contributed by atoms with Crippen LogP contribution in [0.1, 0.15) is 27.3 Å². The van der Waals surface area contributed by atoms with Crippen molar-refractivity contribution in [3.63, 3.8) is 0 Å². The molecule has 0 atom stereocenters. The molecule has 5 rings (SSSR count). The van der Waals surface area contributed by atoms with Crippen molar-refractivity contribution in [3.8, 4) is 28.6 Å². The van der Waals surface area contributed by atoms with Gasteiger partial charge in [0.1, 0.15) is 11.5 Å². The molecule has 0 radical (unpaired) electrons. The van der Waals surface area contributed by atoms with Crippen LogP contribution in [0.3, 0.4) is 0 Å². The zero-order valence-electron chi connectivity index (χ0n) is 20.4. The summed E-state index contributed by atoms with van der Waals surface area (Å²) < 4.78 is 7.58. The fourth-order valence-electron chi connectivity index (χ4n) is 3.91. The van der Waals surface area contributed by atoms with Gasteiger partial charge in [0, 0.05) is 11.3 Å². The number of aromatic nitrogens is 3. The number of rotatable bonds is 6. The van der Waals surface area contributed by atoms with E-state index in [2.05, 4.69) is 27.5 Å². The quantitative estimate of drug-likeness (QED) is 0.290. The Morgan fingerprint density at radius 3 is 2.25 bits per heavy atom. The van der Waals surface area contributed by atoms with Crippen molar-refractivity contribution in [2.24, 2.45) is 0 Å². The lowest BCUT2D eigenvalue weighted by atomic mass is 10.1. The minimum atomic E-state index is -0.385. The maximum absolute atomic E-state index is 13.2. The zero-order chi connectivity index (χ0) is 25.1. The molecule has 178 valence electrons. The van der Waals surface area contributed by atoms with Crippen LogP contribution in [0.15, 0.2) is 97.1 Å². The summed E-state index contributed by atoms with van der Waals surface area (Å²) in [5, 5.41) is 7.52. The van der Waals surface area contributed by atoms with E-state index in [1.165, 1.54) is 0 Å². The van der Waals surface area contributed by atoms with Gasteiger partial charge in [-0.2, -0.15) is 0 Å². The number of hydrogen-bond donors (Lipinski definition) is 1. The summed E-state index contributed by atoms with van der Waals surface area (Å²) in [6, 6.07) is 30.9. The third-order valence-corrected chi connectivity index (χ3v) is 5.77. The molecule has 0 aliphatic rings. The number of aryl methyl sites for hydroxylation is 3. The van der Waals surface area contributed by atoms with Crippen LogP contribution in [-0.4, -0.2) is 20.7 Å². The first kappa shape index (κ1) is 23.1. The minimum absolute atomic E-state index is 0.0945. The van der Waals surface area contributed by atoms with Crippen LogP contribution in [0.25, 0.3) is 17.1 Å². The smallest absolute Gasteiger partial charge is 0.295 e. The highest BCUT2D eigenvalue weighted by atomic mass is 16.5. The molecule has 6 heteroatoms. The topological polar surface area (TPSA) is 69.0 Å². The Labute approximate surface area is 210 Å². The normalized spacial score (nSPS) is 10.8. The molecule has 36 heavy (non-hydrogen) atoms. The summed E-state index contributed by atoms with van der Waals surface area (Å²) in [7, 11) is 0. The number of amides is 1. The number of para-hydroxylation sites is 1. The Kier molecular flexibility index (Phi) is 6.33. The van der Waals surface area contributed by atoms with E-state index in [9.17, 15) is 4.79 Å². The lowest BCUT2D eigenvalue weighted by Crippen LogP contribution is -2.14. The molecule has 0 fully saturated rings. The summed E-state index contributed by atoms with van der Waals surface area (Å²) in [6.07, 6.45) is 0. The van der Waals surface area contributed by atoms with Crippen molar-refractivity contribution >= 4 is 11.6 Å². The number of nitrogens with zero attached hydrogens (tertiary/aromatic N) is 3. The van der Waals surface area contributed by atoms with Crippen molar-refractivity contribution < 1.29 is 9.53 Å². The predicted molar refractivity (Wildman–Crippen MR) is 142 cm³/mol. The summed E-state index contributed by atoms with van der Waals surface area (Å²) in [6.45, 7) is 6.08. The molecule has 1 aromatic heterocycles. The third kappa shape index (κ3) is 5.03. The van der Waals surface area contributed by atoms with Crippen molar-refractivity contribution in [2.45, 2.75) is 20.8 Å². The first-order chi connectivity index (χ1) is 17.5. The molecular weight excluding hydrogens is 448 g/mol. The first-order valence-electron chi connectivity index (χ1n) is 11.7. The van der Waals surface area contributed by atoms with Gasteiger partial charge in [0.25, 0.3) is 5.91 Å². The fraction of sp³-hybridized carbons (Fsp3) is 0.100. The lowest BCUT2D eigenvalue weighted by molar-refractivity contribution is 0.101. The van der Waals surface area contributed by atoms with Gasteiger partial charge >= 0.3 is 0 Å². The van der Waals surface area contributed by atoms with Crippen LogP contribution in [0.5, 0.6) is 11.5 Å². The van der Waals surface area contributed by atoms with Gasteiger partial charge in [-0.3, -0.25) is 4.79 Å². The van der Waals surface area contributed by atoms with E-state index in [0.717, 1.165) is 33.7 Å². The van der Waals surface area contributed by atoms with E-state index in [1.54, 1.807) is 16.8 Å². The maximum atomic E-state index is 13.2. The number of hydrogen-bond acceptors (Lipinski definition) is 4. The van der Waals surface area contributed by atoms with Crippen LogP contribution < -0.4 is 10.1 Å². The Bertz CT molecular complexity index is 1520. The fourth-order valence-corrected chi connectivity index (χ4v) is 3.91. The van der Waals surface area contributed by atoms with Crippen LogP contribution in [-0.2, 0) is 0 Å². The van der Waals surface area contributed by atoms with Gasteiger partial charge < -0.3 is 10.1 Å². The number of ether oxygens (including phenoxy) is 1. The highest BCUT2D eigenvalue weighted by Gasteiger charge is 2.20. The molecule has 5 aromatic rings. The molecule has 1 N–H and O–H groups in total. The molecular formula is C30H26N4O2. The molecule has 0 spiro atoms. The Morgan fingerprint density at radius 1 is 0.778 bits per heavy atom. The largest absolute Gasteiger partial charge is 0.457 e. The van der Waals surface area contributed by atoms with Crippen LogP contribution in [0.4, 0.5) is 5.69 Å². The van der Waals surface area contributed by atoms with Gasteiger partial charge in [-0.1, -0.05) is 54.1 Å². The minimum Gasteiger partial charge on any atom is -0.457 e. The molecule has 4 aromatic carbocycles. The summed E-state index contributed by atoms with van der Waals surface area (Å²) in [4.78, 5) is 17.8. The Hall–Kier alpha value is -4.71. The van der Waals surface area contributed by atoms with Gasteiger partial charge in [-0.15, -0.1) is 5.10 Å². The van der Waals surface area contributed by atoms with Crippen LogP contribution in [0.2, 0.25) is 0 Å². The van der Waals surface area contributed by atoms with Gasteiger partial charge in [0.15, 0.2) is 5.82 Å². The van der Waals surface area contributed by atoms with E-state index in [4.69, 9.17) is 4.74 Å². The molecule has 0 unspecified atom stereocenters. The summed E-state index contributed by atoms with van der Waals surface area (Å²) in [5.41, 5.74) is 5.66. The molecule has 0 aliphatic carbocycles. The average molecular weight is 475 g/mol. The molecule has 0 saturated heterocycles. The van der Waals surface area contributed by atoms with Crippen molar-refractivity contribution in [2.75, 3.05) is 5.32 Å². The van der Waals surface area contributed by atoms with Crippen molar-refractivity contribution in [1.82, 2.24) is 14.8 Å². The highest BCUT2D eigenvalue weighted by molar-refractivity contribution is 6.01. The van der Waals surface area contributed by atoms with Gasteiger partial charge in [0.05, 0.1) is 5.69 Å². The Balaban J connectivity index is 1.44. The van der Waals surface area contributed by atoms with E-state index in [1.807, 2.05) is 93.6 Å². The molecule has 0 saturated carbocycles. The average Bonchev–Trinajstić information content (AvgIpc) is 3.33. The molecule has 1 amide bonds. The monoisotopic (exact) mass is 474 g/mol. The zero-order valence-corrected chi connectivity index (χ0v) is 20.4. The predicted octanol–water partition coefficient (Wildman–Crippen LogP) is 6.90. The Morgan fingerprint density at radius 2 is 1.50 bits per heavy atom. The van der Waals surface area contributed by atoms with E-state index < -0.39 is 0 Å². The number of benzene rings is 4. The standard InChI is InChI=1S/C30H26N4O2/c1-20-8-7-9-23(18-20)29-32-28(33-34(29)27-19-21(2)12-13-22(27)3)30(35)31-24-14-16-26(17-15-24)36-25-10-5-4-6-11-25/h4-19H,1-3H3,(H,31,35). The van der Waals surface area contributed by atoms with Gasteiger partial charge in [0.2, 0.25) is 5.82 Å². The number of anilines is 1. The number of carbonyl (C=O) groups is 1. The van der Waals surface area contributed by atoms with E-state index >= 15 is 0 Å². The van der Waals surface area contributed by atoms with Crippen LogP contribution in [0, 0.1) is 20.8 Å². The van der Waals surface area contributed by atoms with Crippen LogP contribution >= 0.6 is 0 Å². The SMILES string of the molecule is Cc1cccc(-c2nc(C(=O)Nc3ccc(Oc4ccccc4)cc3)nn2-c2cc(C)ccc2C)c1. The number of carbonyl (C=O) groups excluding carboxylic acids is 1. The van der Waals surface area contributed by atoms with Gasteiger partial charge in [-0.05, 0) is 80.4 Å². The highest BCUT2D eigenvalue weighted by Crippen LogP contribution is 2.26. The first-order valence-corrected chi connectivity index (χ1v) is 11.7. The van der Waals surface area contributed by atoms with Gasteiger partial charge in [-0.25, -0.2) is 9.67 Å². The second-order valence-electron chi connectivity index (χ2n) is 8.72. The van der Waals surface area contributed by atoms with Crippen molar-refractivity contribution in [3.05, 3.63) is 120 Å². The maximum Gasteiger partial charge on any atom is 0.295 e. The molecule has 0 bridgehead atoms. The van der Waals surface area contributed by atoms with E-state index in [-0.39, 0.29) is 11.7 Å². The lowest BCUT2D eigenvalue weighted by Gasteiger charge is -2.10. The van der Waals surface area contributed by atoms with Crippen molar-refractivity contribution in [1.29, 1.82) is 0 Å².